The van der Waals surface area contributed by atoms with E-state index in [1.165, 1.54) is 0 Å². The van der Waals surface area contributed by atoms with Crippen molar-refractivity contribution in [3.05, 3.63) is 94.0 Å². The topological polar surface area (TPSA) is 55.1 Å². The predicted molar refractivity (Wildman–Crippen MR) is 141 cm³/mol. The van der Waals surface area contributed by atoms with E-state index in [9.17, 15) is 0 Å². The maximum absolute atomic E-state index is 6.68. The molecule has 2 heterocycles. The summed E-state index contributed by atoms with van der Waals surface area (Å²) >= 11 is 12.9. The third-order valence-corrected chi connectivity index (χ3v) is 6.06. The van der Waals surface area contributed by atoms with E-state index in [1.54, 1.807) is 12.3 Å². The number of hydrogen-bond acceptors (Lipinski definition) is 4. The number of rotatable bonds is 4. The van der Waals surface area contributed by atoms with Gasteiger partial charge in [-0.15, -0.1) is 0 Å². The minimum absolute atomic E-state index is 0.106. The summed E-state index contributed by atoms with van der Waals surface area (Å²) in [7, 11) is 0. The number of benzene rings is 3. The molecule has 1 N–H and O–H groups in total. The maximum Gasteiger partial charge on any atom is 0.0900 e. The maximum atomic E-state index is 6.68. The van der Waals surface area contributed by atoms with E-state index in [2.05, 4.69) is 34.8 Å². The first-order valence-corrected chi connectivity index (χ1v) is 11.8. The van der Waals surface area contributed by atoms with Crippen molar-refractivity contribution in [2.75, 3.05) is 5.32 Å². The molecule has 0 bridgehead atoms. The molecule has 5 nitrogen and oxygen atoms in total. The van der Waals surface area contributed by atoms with E-state index < -0.39 is 0 Å². The van der Waals surface area contributed by atoms with Crippen LogP contribution >= 0.6 is 23.2 Å². The van der Waals surface area contributed by atoms with Gasteiger partial charge in [0.2, 0.25) is 0 Å². The van der Waals surface area contributed by atoms with E-state index in [0.29, 0.717) is 10.0 Å². The molecule has 0 saturated carbocycles. The van der Waals surface area contributed by atoms with Gasteiger partial charge in [0.05, 0.1) is 55.6 Å². The molecule has 0 fully saturated rings. The third-order valence-electron chi connectivity index (χ3n) is 5.52. The number of nitrogens with zero attached hydrogens (tertiary/aromatic N) is 4. The lowest BCUT2D eigenvalue weighted by Gasteiger charge is -2.21. The average Bonchev–Trinajstić information content (AvgIpc) is 2.80. The van der Waals surface area contributed by atoms with E-state index >= 15 is 0 Å². The van der Waals surface area contributed by atoms with Crippen LogP contribution in [0.5, 0.6) is 0 Å². The standard InChI is InChI=1S/C27H23Cl2N5/c1-16(2)31-23-15-27-24(14-22(23)32-20-8-6-12-30-17(20)3)33-21-7-4-5-9-26(21)34(27)25-11-10-18(28)13-19(25)29/h4-16,32H,1-3H3. The van der Waals surface area contributed by atoms with Gasteiger partial charge in [-0.3, -0.25) is 9.98 Å². The largest absolute Gasteiger partial charge is 0.352 e. The molecule has 0 saturated heterocycles. The first-order valence-electron chi connectivity index (χ1n) is 11.0. The summed E-state index contributed by atoms with van der Waals surface area (Å²) in [6, 6.07) is 21.7. The van der Waals surface area contributed by atoms with Crippen LogP contribution in [0, 0.1) is 6.92 Å². The van der Waals surface area contributed by atoms with E-state index in [-0.39, 0.29) is 6.04 Å². The van der Waals surface area contributed by atoms with Crippen molar-refractivity contribution in [1.82, 2.24) is 14.5 Å². The molecule has 0 radical (unpaired) electrons. The van der Waals surface area contributed by atoms with Gasteiger partial charge in [-0.1, -0.05) is 35.3 Å². The van der Waals surface area contributed by atoms with Crippen molar-refractivity contribution in [1.29, 1.82) is 0 Å². The van der Waals surface area contributed by atoms with Crippen molar-refractivity contribution >= 4 is 45.6 Å². The highest BCUT2D eigenvalue weighted by Crippen LogP contribution is 2.34. The fraction of sp³-hybridized carbons (Fsp3) is 0.148. The van der Waals surface area contributed by atoms with Crippen LogP contribution in [0.25, 0.3) is 28.1 Å². The fourth-order valence-corrected chi connectivity index (χ4v) is 4.50. The molecule has 5 rings (SSSR count). The summed E-state index contributed by atoms with van der Waals surface area (Å²) < 4.78 is 2.12. The van der Waals surface area contributed by atoms with Gasteiger partial charge in [0.15, 0.2) is 0 Å². The Bertz CT molecular complexity index is 1560. The molecule has 0 unspecified atom stereocenters. The van der Waals surface area contributed by atoms with Crippen molar-refractivity contribution in [2.45, 2.75) is 26.8 Å². The van der Waals surface area contributed by atoms with Gasteiger partial charge in [0, 0.05) is 17.3 Å². The lowest BCUT2D eigenvalue weighted by molar-refractivity contribution is 0.806. The summed E-state index contributed by atoms with van der Waals surface area (Å²) in [6.45, 7) is 6.10. The number of halogens is 2. The molecule has 1 aliphatic carbocycles. The van der Waals surface area contributed by atoms with Crippen molar-refractivity contribution in [3.8, 4) is 17.1 Å². The molecule has 7 heteroatoms. The van der Waals surface area contributed by atoms with E-state index in [4.69, 9.17) is 33.2 Å². The highest BCUT2D eigenvalue weighted by Gasteiger charge is 2.18. The van der Waals surface area contributed by atoms with E-state index in [0.717, 1.165) is 50.5 Å². The first kappa shape index (κ1) is 22.4. The Balaban J connectivity index is 1.85. The van der Waals surface area contributed by atoms with Crippen LogP contribution in [0.4, 0.5) is 11.4 Å². The molecular formula is C27H23Cl2N5. The summed E-state index contributed by atoms with van der Waals surface area (Å²) in [5.74, 6) is 0. The number of pyridine rings is 1. The van der Waals surface area contributed by atoms with Gasteiger partial charge in [-0.05, 0) is 75.4 Å². The first-order chi connectivity index (χ1) is 16.4. The Hall–Kier alpha value is -3.41. The normalized spacial score (nSPS) is 12.1. The highest BCUT2D eigenvalue weighted by atomic mass is 35.5. The number of aromatic nitrogens is 3. The minimum atomic E-state index is 0.106. The SMILES string of the molecule is Cc1ncccc1Nc1cc2nc3ccccc3n(-c3ccc(Cl)cc3Cl)c-2cc1=NC(C)C. The quantitative estimate of drug-likeness (QED) is 0.272. The van der Waals surface area contributed by atoms with Gasteiger partial charge in [0.1, 0.15) is 0 Å². The van der Waals surface area contributed by atoms with Crippen LogP contribution < -0.4 is 10.7 Å². The van der Waals surface area contributed by atoms with E-state index in [1.807, 2.05) is 61.5 Å². The molecule has 3 aromatic rings. The fourth-order valence-electron chi connectivity index (χ4n) is 4.01. The van der Waals surface area contributed by atoms with Crippen LogP contribution in [-0.2, 0) is 0 Å². The van der Waals surface area contributed by atoms with Gasteiger partial charge >= 0.3 is 0 Å². The van der Waals surface area contributed by atoms with Gasteiger partial charge in [-0.25, -0.2) is 4.98 Å². The number of hydrogen-bond donors (Lipinski definition) is 1. The molecule has 1 aromatic heterocycles. The molecule has 0 spiro atoms. The lowest BCUT2D eigenvalue weighted by Crippen LogP contribution is -2.17. The highest BCUT2D eigenvalue weighted by molar-refractivity contribution is 6.35. The molecule has 0 atom stereocenters. The molecule has 170 valence electrons. The van der Waals surface area contributed by atoms with Gasteiger partial charge in [-0.2, -0.15) is 0 Å². The Kier molecular flexibility index (Phi) is 5.98. The summed E-state index contributed by atoms with van der Waals surface area (Å²) in [4.78, 5) is 14.3. The molecule has 1 aliphatic heterocycles. The third kappa shape index (κ3) is 4.25. The van der Waals surface area contributed by atoms with Crippen molar-refractivity contribution < 1.29 is 0 Å². The van der Waals surface area contributed by atoms with Crippen LogP contribution in [-0.4, -0.2) is 20.6 Å². The number of aryl methyl sites for hydroxylation is 1. The smallest absolute Gasteiger partial charge is 0.0900 e. The predicted octanol–water partition coefficient (Wildman–Crippen LogP) is 7.19. The van der Waals surface area contributed by atoms with Crippen LogP contribution in [0.2, 0.25) is 10.0 Å². The van der Waals surface area contributed by atoms with Gasteiger partial charge < -0.3 is 9.88 Å². The summed E-state index contributed by atoms with van der Waals surface area (Å²) in [5.41, 5.74) is 7.05. The lowest BCUT2D eigenvalue weighted by atomic mass is 10.1. The second kappa shape index (κ2) is 9.09. The number of fused-ring (bicyclic) bond motifs is 2. The number of nitrogens with one attached hydrogen (secondary N) is 1. The van der Waals surface area contributed by atoms with Crippen LogP contribution in [0.3, 0.4) is 0 Å². The molecule has 0 amide bonds. The molecule has 2 aliphatic rings. The second-order valence-corrected chi connectivity index (χ2v) is 9.22. The molecular weight excluding hydrogens is 465 g/mol. The monoisotopic (exact) mass is 487 g/mol. The second-order valence-electron chi connectivity index (χ2n) is 8.37. The Morgan fingerprint density at radius 1 is 0.941 bits per heavy atom. The van der Waals surface area contributed by atoms with Crippen molar-refractivity contribution in [2.24, 2.45) is 4.99 Å². The van der Waals surface area contributed by atoms with Crippen LogP contribution in [0.15, 0.2) is 77.9 Å². The Morgan fingerprint density at radius 3 is 2.53 bits per heavy atom. The number of para-hydroxylation sites is 2. The molecule has 2 aromatic carbocycles. The average molecular weight is 488 g/mol. The summed E-state index contributed by atoms with van der Waals surface area (Å²) in [6.07, 6.45) is 1.78. The minimum Gasteiger partial charge on any atom is -0.352 e. The van der Waals surface area contributed by atoms with Crippen molar-refractivity contribution in [3.63, 3.8) is 0 Å². The zero-order valence-electron chi connectivity index (χ0n) is 19.1. The Morgan fingerprint density at radius 2 is 1.76 bits per heavy atom. The zero-order chi connectivity index (χ0) is 23.8. The summed E-state index contributed by atoms with van der Waals surface area (Å²) in [5, 5.41) is 5.50. The zero-order valence-corrected chi connectivity index (χ0v) is 20.6. The van der Waals surface area contributed by atoms with Crippen LogP contribution in [0.1, 0.15) is 19.5 Å². The Labute approximate surface area is 208 Å². The van der Waals surface area contributed by atoms with Gasteiger partial charge in [0.25, 0.3) is 0 Å². The number of anilines is 2. The molecule has 34 heavy (non-hydrogen) atoms.